The second-order valence-electron chi connectivity index (χ2n) is 8.99. The Morgan fingerprint density at radius 1 is 1.00 bits per heavy atom. The van der Waals surface area contributed by atoms with Gasteiger partial charge in [0.05, 0.1) is 0 Å². The molecule has 1 aliphatic carbocycles. The van der Waals surface area contributed by atoms with Crippen LogP contribution in [0.1, 0.15) is 65.1 Å². The molecule has 0 aromatic heterocycles. The van der Waals surface area contributed by atoms with E-state index < -0.39 is 8.24 Å². The molecule has 0 spiro atoms. The normalized spacial score (nSPS) is 16.3. The van der Waals surface area contributed by atoms with E-state index in [1.165, 1.54) is 16.7 Å². The van der Waals surface area contributed by atoms with Gasteiger partial charge >= 0.3 is 21.7 Å². The summed E-state index contributed by atoms with van der Waals surface area (Å²) in [6.45, 7) is 27.5. The quantitative estimate of drug-likeness (QED) is 0.430. The summed E-state index contributed by atoms with van der Waals surface area (Å²) < 4.78 is 0. The Kier molecular flexibility index (Phi) is 9.26. The van der Waals surface area contributed by atoms with Gasteiger partial charge in [-0.3, -0.25) is 0 Å². The molecular weight excluding hydrogens is 366 g/mol. The Labute approximate surface area is 178 Å². The topological polar surface area (TPSA) is 12.0 Å². The molecule has 0 saturated carbocycles. The molecule has 1 aromatic carbocycles. The molecule has 0 aliphatic heterocycles. The van der Waals surface area contributed by atoms with Crippen molar-refractivity contribution in [2.45, 2.75) is 72.6 Å². The molecule has 3 heteroatoms. The Morgan fingerprint density at radius 3 is 1.88 bits per heavy atom. The molecule has 0 bridgehead atoms. The van der Waals surface area contributed by atoms with Crippen LogP contribution in [0.2, 0.25) is 13.1 Å². The largest absolute Gasteiger partial charge is 4.00 e. The molecule has 26 heavy (non-hydrogen) atoms. The minimum Gasteiger partial charge on any atom is -0.332 e. The zero-order valence-electron chi connectivity index (χ0n) is 18.3. The van der Waals surface area contributed by atoms with E-state index in [0.717, 1.165) is 11.1 Å². The summed E-state index contributed by atoms with van der Waals surface area (Å²) in [4.78, 5) is 3.93. The predicted octanol–water partition coefficient (Wildman–Crippen LogP) is 6.85. The second-order valence-corrected chi connectivity index (χ2v) is 13.3. The van der Waals surface area contributed by atoms with Crippen molar-refractivity contribution in [3.8, 4) is 0 Å². The third-order valence-electron chi connectivity index (χ3n) is 4.85. The van der Waals surface area contributed by atoms with E-state index in [2.05, 4.69) is 90.1 Å². The molecule has 1 unspecified atom stereocenters. The van der Waals surface area contributed by atoms with Gasteiger partial charge in [-0.15, -0.1) is 0 Å². The van der Waals surface area contributed by atoms with Crippen molar-refractivity contribution in [3.05, 3.63) is 65.3 Å². The second kappa shape index (κ2) is 9.50. The molecule has 1 aromatic rings. The number of fused-ring (bicyclic) bond motifs is 1. The van der Waals surface area contributed by atoms with Crippen molar-refractivity contribution in [3.63, 3.8) is 0 Å². The van der Waals surface area contributed by atoms with Crippen LogP contribution in [0.4, 0.5) is 0 Å². The number of hydrogen-bond donors (Lipinski definition) is 1. The number of benzene rings is 1. The van der Waals surface area contributed by atoms with E-state index in [-0.39, 0.29) is 27.3 Å². The number of hydrogen-bond acceptors (Lipinski definition) is 1. The molecule has 2 rings (SSSR count). The Balaban J connectivity index is 0.000000777. The molecule has 0 amide bonds. The average molecular weight is 404 g/mol. The van der Waals surface area contributed by atoms with Gasteiger partial charge in [-0.05, 0) is 65.2 Å². The summed E-state index contributed by atoms with van der Waals surface area (Å²) >= 11 is 0. The first-order chi connectivity index (χ1) is 11.3. The van der Waals surface area contributed by atoms with Gasteiger partial charge in [0.25, 0.3) is 0 Å². The van der Waals surface area contributed by atoms with Crippen LogP contribution in [0, 0.1) is 0 Å². The summed E-state index contributed by atoms with van der Waals surface area (Å²) in [6.07, 6.45) is 0. The molecule has 138 valence electrons. The number of nitrogens with one attached hydrogen (secondary N) is 1. The van der Waals surface area contributed by atoms with E-state index in [0.29, 0.717) is 5.54 Å². The molecule has 0 saturated heterocycles. The minimum absolute atomic E-state index is 0. The van der Waals surface area contributed by atoms with Gasteiger partial charge in [-0.25, -0.2) is 0 Å². The standard InChI is InChI=1S/C17H27NSi.C6H10.Ti/c1-12-13(2)16(15-11-9-8-10-14(12)15)19(6,7)18-17(3,4)5;1-5(2)6(3)4;/h8-11,16,18H,1-7H3;1,3H2,2,4H3;/q;;+4. The minimum atomic E-state index is -1.57. The van der Waals surface area contributed by atoms with Crippen LogP contribution < -0.4 is 4.98 Å². The zero-order valence-corrected chi connectivity index (χ0v) is 20.9. The molecule has 1 nitrogen and oxygen atoms in total. The van der Waals surface area contributed by atoms with Crippen molar-refractivity contribution in [2.24, 2.45) is 0 Å². The van der Waals surface area contributed by atoms with Gasteiger partial charge in [0.2, 0.25) is 0 Å². The van der Waals surface area contributed by atoms with Crippen molar-refractivity contribution < 1.29 is 21.7 Å². The predicted molar refractivity (Wildman–Crippen MR) is 117 cm³/mol. The first kappa shape index (κ1) is 25.3. The van der Waals surface area contributed by atoms with Gasteiger partial charge in [-0.2, -0.15) is 0 Å². The van der Waals surface area contributed by atoms with Gasteiger partial charge in [-0.1, -0.05) is 67.2 Å². The fraction of sp³-hybridized carbons (Fsp3) is 0.478. The van der Waals surface area contributed by atoms with E-state index in [1.807, 2.05) is 13.8 Å². The maximum Gasteiger partial charge on any atom is 4.00 e. The van der Waals surface area contributed by atoms with Crippen molar-refractivity contribution in [1.29, 1.82) is 0 Å². The maximum atomic E-state index is 3.93. The number of allylic oxidation sites excluding steroid dienone is 4. The fourth-order valence-corrected chi connectivity index (χ4v) is 8.13. The molecule has 1 atom stereocenters. The van der Waals surface area contributed by atoms with Crippen molar-refractivity contribution >= 4 is 13.8 Å². The third-order valence-corrected chi connectivity index (χ3v) is 8.43. The van der Waals surface area contributed by atoms with Gasteiger partial charge < -0.3 is 4.98 Å². The van der Waals surface area contributed by atoms with Crippen molar-refractivity contribution in [1.82, 2.24) is 4.98 Å². The van der Waals surface area contributed by atoms with E-state index in [9.17, 15) is 0 Å². The number of rotatable bonds is 3. The van der Waals surface area contributed by atoms with E-state index in [1.54, 1.807) is 5.57 Å². The van der Waals surface area contributed by atoms with Crippen LogP contribution in [0.15, 0.2) is 54.1 Å². The first-order valence-electron chi connectivity index (χ1n) is 9.15. The third kappa shape index (κ3) is 6.49. The summed E-state index contributed by atoms with van der Waals surface area (Å²) in [6, 6.07) is 8.93. The molecular formula is C23H37NSiTi+4. The van der Waals surface area contributed by atoms with Crippen molar-refractivity contribution in [2.75, 3.05) is 0 Å². The summed E-state index contributed by atoms with van der Waals surface area (Å²) in [5.41, 5.74) is 8.95. The van der Waals surface area contributed by atoms with Gasteiger partial charge in [0.1, 0.15) is 8.24 Å². The van der Waals surface area contributed by atoms with E-state index in [4.69, 9.17) is 0 Å². The molecule has 0 heterocycles. The summed E-state index contributed by atoms with van der Waals surface area (Å²) in [5.74, 6) is 0. The molecule has 0 radical (unpaired) electrons. The van der Waals surface area contributed by atoms with Gasteiger partial charge in [0.15, 0.2) is 0 Å². The van der Waals surface area contributed by atoms with Crippen LogP contribution in [0.3, 0.4) is 0 Å². The molecule has 0 fully saturated rings. The van der Waals surface area contributed by atoms with Crippen LogP contribution in [0.5, 0.6) is 0 Å². The Bertz CT molecular complexity index is 680. The zero-order chi connectivity index (χ0) is 19.6. The van der Waals surface area contributed by atoms with Crippen LogP contribution >= 0.6 is 0 Å². The summed E-state index contributed by atoms with van der Waals surface area (Å²) in [5, 5.41) is 0. The van der Waals surface area contributed by atoms with E-state index >= 15 is 0 Å². The smallest absolute Gasteiger partial charge is 0.332 e. The summed E-state index contributed by atoms with van der Waals surface area (Å²) in [7, 11) is -1.57. The van der Waals surface area contributed by atoms with Crippen LogP contribution in [-0.4, -0.2) is 13.8 Å². The SMILES string of the molecule is C=C(C)C(=C)C.CC1=C(C)C([Si](C)(C)NC(C)(C)C)c2ccccc21.[Ti+4]. The van der Waals surface area contributed by atoms with Crippen LogP contribution in [-0.2, 0) is 21.7 Å². The van der Waals surface area contributed by atoms with Gasteiger partial charge in [0, 0.05) is 11.1 Å². The molecule has 1 N–H and O–H groups in total. The Morgan fingerprint density at radius 2 is 1.46 bits per heavy atom. The Hall–Kier alpha value is -0.669. The first-order valence-corrected chi connectivity index (χ1v) is 12.2. The van der Waals surface area contributed by atoms with Crippen LogP contribution in [0.25, 0.3) is 5.57 Å². The monoisotopic (exact) mass is 403 g/mol. The fourth-order valence-electron chi connectivity index (χ4n) is 3.72. The maximum absolute atomic E-state index is 3.93. The average Bonchev–Trinajstić information content (AvgIpc) is 2.70. The molecule has 1 aliphatic rings.